The van der Waals surface area contributed by atoms with Crippen LogP contribution in [0.3, 0.4) is 0 Å². The highest BCUT2D eigenvalue weighted by atomic mass is 32.1. The van der Waals surface area contributed by atoms with Gasteiger partial charge in [0.2, 0.25) is 0 Å². The molecule has 0 aliphatic rings. The summed E-state index contributed by atoms with van der Waals surface area (Å²) in [5.74, 6) is 0.0862. The van der Waals surface area contributed by atoms with Crippen LogP contribution < -0.4 is 4.74 Å². The SMILES string of the molecule is CN(CCc1nccs1)CC(O)c1ccc(OC(F)F)cc1. The molecule has 1 atom stereocenters. The fraction of sp³-hybridized carbons (Fsp3) is 0.400. The van der Waals surface area contributed by atoms with E-state index in [1.165, 1.54) is 12.1 Å². The van der Waals surface area contributed by atoms with Crippen LogP contribution in [0.4, 0.5) is 8.78 Å². The van der Waals surface area contributed by atoms with E-state index in [-0.39, 0.29) is 5.75 Å². The first-order chi connectivity index (χ1) is 10.5. The zero-order valence-electron chi connectivity index (χ0n) is 12.2. The Bertz CT molecular complexity index is 549. The molecule has 0 fully saturated rings. The number of aromatic nitrogens is 1. The minimum absolute atomic E-state index is 0.0862. The lowest BCUT2D eigenvalue weighted by Crippen LogP contribution is -2.26. The number of nitrogens with zero attached hydrogens (tertiary/aromatic N) is 2. The summed E-state index contributed by atoms with van der Waals surface area (Å²) < 4.78 is 28.4. The maximum Gasteiger partial charge on any atom is 0.387 e. The normalized spacial score (nSPS) is 12.8. The van der Waals surface area contributed by atoms with Gasteiger partial charge in [-0.25, -0.2) is 4.98 Å². The molecule has 2 rings (SSSR count). The molecule has 0 aliphatic heterocycles. The number of thiazole rings is 1. The van der Waals surface area contributed by atoms with E-state index in [1.54, 1.807) is 29.7 Å². The van der Waals surface area contributed by atoms with Crippen molar-refractivity contribution in [1.82, 2.24) is 9.88 Å². The summed E-state index contributed by atoms with van der Waals surface area (Å²) in [7, 11) is 1.92. The number of benzene rings is 1. The van der Waals surface area contributed by atoms with Gasteiger partial charge in [-0.3, -0.25) is 0 Å². The van der Waals surface area contributed by atoms with Gasteiger partial charge in [-0.1, -0.05) is 12.1 Å². The number of alkyl halides is 2. The summed E-state index contributed by atoms with van der Waals surface area (Å²) in [6, 6.07) is 6.05. The van der Waals surface area contributed by atoms with Crippen molar-refractivity contribution >= 4 is 11.3 Å². The number of hydrogen-bond donors (Lipinski definition) is 1. The van der Waals surface area contributed by atoms with Gasteiger partial charge in [0.15, 0.2) is 0 Å². The molecule has 1 heterocycles. The lowest BCUT2D eigenvalue weighted by atomic mass is 10.1. The van der Waals surface area contributed by atoms with E-state index in [9.17, 15) is 13.9 Å². The number of ether oxygens (including phenoxy) is 1. The van der Waals surface area contributed by atoms with E-state index in [1.807, 2.05) is 17.3 Å². The quantitative estimate of drug-likeness (QED) is 0.809. The monoisotopic (exact) mass is 328 g/mol. The van der Waals surface area contributed by atoms with E-state index in [0.717, 1.165) is 18.0 Å². The maximum atomic E-state index is 12.1. The molecule has 1 aromatic carbocycles. The molecule has 120 valence electrons. The molecule has 0 amide bonds. The molecule has 4 nitrogen and oxygen atoms in total. The van der Waals surface area contributed by atoms with Crippen LogP contribution in [-0.2, 0) is 6.42 Å². The Kier molecular flexibility index (Phi) is 6.23. The Balaban J connectivity index is 1.81. The van der Waals surface area contributed by atoms with Crippen LogP contribution in [0.5, 0.6) is 5.75 Å². The van der Waals surface area contributed by atoms with E-state index in [0.29, 0.717) is 12.1 Å². The Labute approximate surface area is 132 Å². The predicted molar refractivity (Wildman–Crippen MR) is 81.3 cm³/mol. The fourth-order valence-corrected chi connectivity index (χ4v) is 2.64. The minimum Gasteiger partial charge on any atom is -0.435 e. The van der Waals surface area contributed by atoms with Gasteiger partial charge >= 0.3 is 6.61 Å². The zero-order valence-corrected chi connectivity index (χ0v) is 13.0. The van der Waals surface area contributed by atoms with Crippen LogP contribution in [0, 0.1) is 0 Å². The van der Waals surface area contributed by atoms with Gasteiger partial charge in [0.05, 0.1) is 11.1 Å². The number of rotatable bonds is 8. The molecule has 0 saturated heterocycles. The largest absolute Gasteiger partial charge is 0.435 e. The van der Waals surface area contributed by atoms with Gasteiger partial charge in [0.1, 0.15) is 5.75 Å². The summed E-state index contributed by atoms with van der Waals surface area (Å²) in [4.78, 5) is 6.22. The molecule has 0 bridgehead atoms. The average molecular weight is 328 g/mol. The second kappa shape index (κ2) is 8.17. The summed E-state index contributed by atoms with van der Waals surface area (Å²) in [6.07, 6.45) is 1.93. The molecule has 0 aliphatic carbocycles. The molecule has 0 saturated carbocycles. The third kappa shape index (κ3) is 5.32. The smallest absolute Gasteiger partial charge is 0.387 e. The van der Waals surface area contributed by atoms with Gasteiger partial charge < -0.3 is 14.7 Å². The molecule has 2 aromatic rings. The van der Waals surface area contributed by atoms with Crippen LogP contribution >= 0.6 is 11.3 Å². The molecule has 0 spiro atoms. The van der Waals surface area contributed by atoms with E-state index in [4.69, 9.17) is 0 Å². The highest BCUT2D eigenvalue weighted by Gasteiger charge is 2.12. The second-order valence-electron chi connectivity index (χ2n) is 4.90. The lowest BCUT2D eigenvalue weighted by Gasteiger charge is -2.20. The van der Waals surface area contributed by atoms with Crippen LogP contribution in [-0.4, -0.2) is 41.7 Å². The number of hydrogen-bond acceptors (Lipinski definition) is 5. The van der Waals surface area contributed by atoms with Crippen molar-refractivity contribution in [1.29, 1.82) is 0 Å². The number of halogens is 2. The molecule has 1 unspecified atom stereocenters. The number of aliphatic hydroxyl groups excluding tert-OH is 1. The average Bonchev–Trinajstić information content (AvgIpc) is 2.98. The predicted octanol–water partition coefficient (Wildman–Crippen LogP) is 2.95. The Morgan fingerprint density at radius 2 is 2.05 bits per heavy atom. The van der Waals surface area contributed by atoms with Crippen molar-refractivity contribution in [2.75, 3.05) is 20.1 Å². The Hall–Kier alpha value is -1.57. The van der Waals surface area contributed by atoms with Crippen molar-refractivity contribution in [3.63, 3.8) is 0 Å². The third-order valence-electron chi connectivity index (χ3n) is 3.17. The topological polar surface area (TPSA) is 45.6 Å². The molecule has 1 aromatic heterocycles. The first-order valence-corrected chi connectivity index (χ1v) is 7.72. The summed E-state index contributed by atoms with van der Waals surface area (Å²) in [5.41, 5.74) is 0.669. The number of aliphatic hydroxyl groups is 1. The van der Waals surface area contributed by atoms with Crippen LogP contribution in [0.1, 0.15) is 16.7 Å². The second-order valence-corrected chi connectivity index (χ2v) is 5.88. The molecule has 7 heteroatoms. The molecular formula is C15H18F2N2O2S. The first-order valence-electron chi connectivity index (χ1n) is 6.84. The van der Waals surface area contributed by atoms with Gasteiger partial charge in [0, 0.05) is 31.1 Å². The molecule has 22 heavy (non-hydrogen) atoms. The van der Waals surface area contributed by atoms with Crippen LogP contribution in [0.15, 0.2) is 35.8 Å². The summed E-state index contributed by atoms with van der Waals surface area (Å²) >= 11 is 1.61. The van der Waals surface area contributed by atoms with Crippen LogP contribution in [0.25, 0.3) is 0 Å². The van der Waals surface area contributed by atoms with Gasteiger partial charge in [-0.2, -0.15) is 8.78 Å². The Morgan fingerprint density at radius 1 is 1.32 bits per heavy atom. The highest BCUT2D eigenvalue weighted by Crippen LogP contribution is 2.20. The lowest BCUT2D eigenvalue weighted by molar-refractivity contribution is -0.0498. The number of likely N-dealkylation sites (N-methyl/N-ethyl adjacent to an activating group) is 1. The van der Waals surface area contributed by atoms with Crippen molar-refractivity contribution in [2.45, 2.75) is 19.1 Å². The molecule has 0 radical (unpaired) electrons. The van der Waals surface area contributed by atoms with Gasteiger partial charge in [0.25, 0.3) is 0 Å². The van der Waals surface area contributed by atoms with E-state index < -0.39 is 12.7 Å². The van der Waals surface area contributed by atoms with Crippen molar-refractivity contribution in [3.8, 4) is 5.75 Å². The van der Waals surface area contributed by atoms with E-state index in [2.05, 4.69) is 9.72 Å². The van der Waals surface area contributed by atoms with Gasteiger partial charge in [-0.05, 0) is 24.7 Å². The highest BCUT2D eigenvalue weighted by molar-refractivity contribution is 7.09. The molecular weight excluding hydrogens is 310 g/mol. The zero-order chi connectivity index (χ0) is 15.9. The third-order valence-corrected chi connectivity index (χ3v) is 4.00. The Morgan fingerprint density at radius 3 is 2.64 bits per heavy atom. The standard InChI is InChI=1S/C15H18F2N2O2S/c1-19(8-6-14-18-7-9-22-14)10-13(20)11-2-4-12(5-3-11)21-15(16)17/h2-5,7,9,13,15,20H,6,8,10H2,1H3. The van der Waals surface area contributed by atoms with E-state index >= 15 is 0 Å². The van der Waals surface area contributed by atoms with Crippen molar-refractivity contribution < 1.29 is 18.6 Å². The maximum absolute atomic E-state index is 12.1. The van der Waals surface area contributed by atoms with Crippen molar-refractivity contribution in [3.05, 3.63) is 46.4 Å². The summed E-state index contributed by atoms with van der Waals surface area (Å²) in [5, 5.41) is 13.2. The first kappa shape index (κ1) is 16.8. The minimum atomic E-state index is -2.84. The summed E-state index contributed by atoms with van der Waals surface area (Å²) in [6.45, 7) is -1.59. The van der Waals surface area contributed by atoms with Crippen molar-refractivity contribution in [2.24, 2.45) is 0 Å². The van der Waals surface area contributed by atoms with Crippen LogP contribution in [0.2, 0.25) is 0 Å². The fourth-order valence-electron chi connectivity index (χ4n) is 2.03. The molecule has 1 N–H and O–H groups in total. The van der Waals surface area contributed by atoms with Gasteiger partial charge in [-0.15, -0.1) is 11.3 Å².